The first-order valence-electron chi connectivity index (χ1n) is 7.97. The lowest BCUT2D eigenvalue weighted by atomic mass is 9.79. The van der Waals surface area contributed by atoms with Crippen molar-refractivity contribution >= 4 is 28.8 Å². The third-order valence-corrected chi connectivity index (χ3v) is 5.29. The van der Waals surface area contributed by atoms with E-state index in [0.29, 0.717) is 24.2 Å². The molecule has 1 spiro atoms. The highest BCUT2D eigenvalue weighted by Crippen LogP contribution is 2.47. The van der Waals surface area contributed by atoms with Crippen molar-refractivity contribution < 1.29 is 9.59 Å². The SMILES string of the molecule is O=Cc1ccc2cc3c(cc2c1)CC1(C3)C(=O)Nc2ncccc21. The highest BCUT2D eigenvalue weighted by atomic mass is 16.2. The summed E-state index contributed by atoms with van der Waals surface area (Å²) in [5.74, 6) is 0.716. The Morgan fingerprint density at radius 1 is 1.04 bits per heavy atom. The molecular weight excluding hydrogens is 300 g/mol. The third-order valence-electron chi connectivity index (χ3n) is 5.29. The van der Waals surface area contributed by atoms with Gasteiger partial charge in [-0.3, -0.25) is 9.59 Å². The smallest absolute Gasteiger partial charge is 0.237 e. The van der Waals surface area contributed by atoms with Gasteiger partial charge in [0.25, 0.3) is 0 Å². The maximum absolute atomic E-state index is 12.7. The van der Waals surface area contributed by atoms with E-state index >= 15 is 0 Å². The number of rotatable bonds is 1. The normalized spacial score (nSPS) is 20.9. The zero-order valence-corrected chi connectivity index (χ0v) is 12.9. The molecule has 2 aliphatic rings. The van der Waals surface area contributed by atoms with Crippen LogP contribution in [0.2, 0.25) is 0 Å². The largest absolute Gasteiger partial charge is 0.310 e. The molecule has 1 amide bonds. The standard InChI is InChI=1S/C20H14N2O2/c23-11-12-3-4-13-7-15-9-20(10-16(15)8-14(13)6-12)17-2-1-5-21-18(17)22-19(20)24/h1-8,11H,9-10H2,(H,21,22,24). The van der Waals surface area contributed by atoms with Crippen molar-refractivity contribution in [2.24, 2.45) is 0 Å². The summed E-state index contributed by atoms with van der Waals surface area (Å²) < 4.78 is 0. The zero-order valence-electron chi connectivity index (χ0n) is 12.9. The van der Waals surface area contributed by atoms with Gasteiger partial charge in [0, 0.05) is 17.3 Å². The van der Waals surface area contributed by atoms with Crippen LogP contribution in [0.1, 0.15) is 27.0 Å². The van der Waals surface area contributed by atoms with Crippen LogP contribution in [0.25, 0.3) is 10.8 Å². The number of fused-ring (bicyclic) bond motifs is 4. The number of nitrogens with zero attached hydrogens (tertiary/aromatic N) is 1. The van der Waals surface area contributed by atoms with Gasteiger partial charge >= 0.3 is 0 Å². The van der Waals surface area contributed by atoms with Crippen molar-refractivity contribution in [3.05, 3.63) is 70.9 Å². The van der Waals surface area contributed by atoms with Gasteiger partial charge in [0.1, 0.15) is 12.1 Å². The minimum absolute atomic E-state index is 0.0324. The van der Waals surface area contributed by atoms with Crippen molar-refractivity contribution in [3.8, 4) is 0 Å². The Morgan fingerprint density at radius 3 is 2.62 bits per heavy atom. The molecule has 5 rings (SSSR count). The van der Waals surface area contributed by atoms with E-state index in [1.807, 2.05) is 30.3 Å². The molecule has 2 heterocycles. The van der Waals surface area contributed by atoms with Gasteiger partial charge in [-0.15, -0.1) is 0 Å². The molecular formula is C20H14N2O2. The van der Waals surface area contributed by atoms with Gasteiger partial charge in [-0.25, -0.2) is 4.98 Å². The predicted octanol–water partition coefficient (Wildman–Crippen LogP) is 3.04. The Bertz CT molecular complexity index is 1040. The number of hydrogen-bond donors (Lipinski definition) is 1. The second-order valence-electron chi connectivity index (χ2n) is 6.63. The van der Waals surface area contributed by atoms with Crippen LogP contribution in [-0.2, 0) is 23.1 Å². The summed E-state index contributed by atoms with van der Waals surface area (Å²) in [6, 6.07) is 13.8. The van der Waals surface area contributed by atoms with Crippen LogP contribution in [0.4, 0.5) is 5.82 Å². The van der Waals surface area contributed by atoms with E-state index in [1.165, 1.54) is 11.1 Å². The average Bonchev–Trinajstić information content (AvgIpc) is 3.10. The van der Waals surface area contributed by atoms with E-state index in [-0.39, 0.29) is 5.91 Å². The van der Waals surface area contributed by atoms with Gasteiger partial charge in [0.05, 0.1) is 5.41 Å². The Hall–Kier alpha value is -3.01. The minimum Gasteiger partial charge on any atom is -0.310 e. The molecule has 0 fully saturated rings. The first-order valence-corrected chi connectivity index (χ1v) is 7.97. The molecule has 4 heteroatoms. The molecule has 116 valence electrons. The number of nitrogens with one attached hydrogen (secondary N) is 1. The topological polar surface area (TPSA) is 59.1 Å². The monoisotopic (exact) mass is 314 g/mol. The Labute approximate surface area is 138 Å². The number of amides is 1. The second kappa shape index (κ2) is 4.51. The molecule has 0 saturated carbocycles. The fourth-order valence-corrected chi connectivity index (χ4v) is 4.12. The first kappa shape index (κ1) is 13.4. The number of hydrogen-bond acceptors (Lipinski definition) is 3. The zero-order chi connectivity index (χ0) is 16.3. The van der Waals surface area contributed by atoms with E-state index in [0.717, 1.165) is 22.6 Å². The number of carbonyl (C=O) groups excluding carboxylic acids is 2. The Balaban J connectivity index is 1.67. The quantitative estimate of drug-likeness (QED) is 0.702. The predicted molar refractivity (Wildman–Crippen MR) is 91.3 cm³/mol. The van der Waals surface area contributed by atoms with E-state index < -0.39 is 5.41 Å². The summed E-state index contributed by atoms with van der Waals surface area (Å²) in [6.45, 7) is 0. The Kier molecular flexibility index (Phi) is 2.52. The molecule has 1 N–H and O–H groups in total. The van der Waals surface area contributed by atoms with Gasteiger partial charge in [-0.2, -0.15) is 0 Å². The summed E-state index contributed by atoms with van der Waals surface area (Å²) in [5.41, 5.74) is 3.49. The molecule has 0 radical (unpaired) electrons. The summed E-state index contributed by atoms with van der Waals surface area (Å²) in [6.07, 6.45) is 3.93. The highest BCUT2D eigenvalue weighted by molar-refractivity contribution is 6.06. The molecule has 24 heavy (non-hydrogen) atoms. The van der Waals surface area contributed by atoms with E-state index in [4.69, 9.17) is 0 Å². The van der Waals surface area contributed by atoms with E-state index in [9.17, 15) is 9.59 Å². The Morgan fingerprint density at radius 2 is 1.83 bits per heavy atom. The van der Waals surface area contributed by atoms with Crippen LogP contribution in [0, 0.1) is 0 Å². The van der Waals surface area contributed by atoms with Gasteiger partial charge in [-0.05, 0) is 46.9 Å². The second-order valence-corrected chi connectivity index (χ2v) is 6.63. The fraction of sp³-hybridized carbons (Fsp3) is 0.150. The molecule has 3 aromatic rings. The van der Waals surface area contributed by atoms with Crippen LogP contribution in [-0.4, -0.2) is 17.2 Å². The lowest BCUT2D eigenvalue weighted by Crippen LogP contribution is -2.35. The van der Waals surface area contributed by atoms with Gasteiger partial charge in [0.2, 0.25) is 5.91 Å². The van der Waals surface area contributed by atoms with Crippen LogP contribution >= 0.6 is 0 Å². The lowest BCUT2D eigenvalue weighted by Gasteiger charge is -2.20. The number of carbonyl (C=O) groups is 2. The minimum atomic E-state index is -0.545. The van der Waals surface area contributed by atoms with Crippen LogP contribution in [0.15, 0.2) is 48.7 Å². The molecule has 1 atom stereocenters. The van der Waals surface area contributed by atoms with Crippen LogP contribution < -0.4 is 5.32 Å². The van der Waals surface area contributed by atoms with Crippen LogP contribution in [0.3, 0.4) is 0 Å². The van der Waals surface area contributed by atoms with Crippen molar-refractivity contribution in [1.82, 2.24) is 4.98 Å². The number of aldehydes is 1. The van der Waals surface area contributed by atoms with Crippen LogP contribution in [0.5, 0.6) is 0 Å². The average molecular weight is 314 g/mol. The number of anilines is 1. The first-order chi connectivity index (χ1) is 11.7. The fourth-order valence-electron chi connectivity index (χ4n) is 4.12. The van der Waals surface area contributed by atoms with Gasteiger partial charge in [0.15, 0.2) is 0 Å². The van der Waals surface area contributed by atoms with Gasteiger partial charge in [-0.1, -0.05) is 30.3 Å². The van der Waals surface area contributed by atoms with Crippen molar-refractivity contribution in [2.45, 2.75) is 18.3 Å². The van der Waals surface area contributed by atoms with E-state index in [1.54, 1.807) is 6.20 Å². The van der Waals surface area contributed by atoms with Crippen molar-refractivity contribution in [3.63, 3.8) is 0 Å². The molecule has 0 saturated heterocycles. The molecule has 0 bridgehead atoms. The summed E-state index contributed by atoms with van der Waals surface area (Å²) >= 11 is 0. The summed E-state index contributed by atoms with van der Waals surface area (Å²) in [7, 11) is 0. The molecule has 1 unspecified atom stereocenters. The van der Waals surface area contributed by atoms with Crippen molar-refractivity contribution in [1.29, 1.82) is 0 Å². The molecule has 4 nitrogen and oxygen atoms in total. The number of benzene rings is 2. The molecule has 1 aliphatic heterocycles. The maximum Gasteiger partial charge on any atom is 0.237 e. The number of pyridine rings is 1. The lowest BCUT2D eigenvalue weighted by molar-refractivity contribution is -0.120. The summed E-state index contributed by atoms with van der Waals surface area (Å²) in [5, 5.41) is 5.07. The maximum atomic E-state index is 12.7. The van der Waals surface area contributed by atoms with E-state index in [2.05, 4.69) is 22.4 Å². The number of aromatic nitrogens is 1. The van der Waals surface area contributed by atoms with Gasteiger partial charge < -0.3 is 5.32 Å². The molecule has 1 aliphatic carbocycles. The summed E-state index contributed by atoms with van der Waals surface area (Å²) in [4.78, 5) is 28.0. The molecule has 2 aromatic carbocycles. The van der Waals surface area contributed by atoms with Crippen molar-refractivity contribution in [2.75, 3.05) is 5.32 Å². The third kappa shape index (κ3) is 1.65. The molecule has 1 aromatic heterocycles. The highest BCUT2D eigenvalue weighted by Gasteiger charge is 2.51.